The molecule has 0 saturated carbocycles. The van der Waals surface area contributed by atoms with Gasteiger partial charge in [-0.05, 0) is 23.6 Å². The number of hydrogen-bond acceptors (Lipinski definition) is 4. The van der Waals surface area contributed by atoms with Gasteiger partial charge in [0, 0.05) is 6.42 Å². The van der Waals surface area contributed by atoms with Gasteiger partial charge in [0.05, 0.1) is 12.0 Å². The molecule has 1 aromatic heterocycles. The number of aliphatic carboxylic acids is 1. The maximum atomic E-state index is 13.6. The number of carboxylic acids is 1. The van der Waals surface area contributed by atoms with Gasteiger partial charge in [0.1, 0.15) is 11.6 Å². The van der Waals surface area contributed by atoms with E-state index in [0.29, 0.717) is 0 Å². The SMILES string of the molecule is CC(C)(CC(=O)O)Cc1nnc(-c2cc(F)ccc2F)o1. The number of benzene rings is 1. The van der Waals surface area contributed by atoms with Gasteiger partial charge in [0.2, 0.25) is 5.89 Å². The summed E-state index contributed by atoms with van der Waals surface area (Å²) in [4.78, 5) is 10.8. The maximum absolute atomic E-state index is 13.6. The molecule has 1 aromatic carbocycles. The number of carboxylic acid groups (broad SMARTS) is 1. The van der Waals surface area contributed by atoms with E-state index in [1.807, 2.05) is 0 Å². The van der Waals surface area contributed by atoms with Gasteiger partial charge in [-0.25, -0.2) is 8.78 Å². The van der Waals surface area contributed by atoms with E-state index in [4.69, 9.17) is 9.52 Å². The van der Waals surface area contributed by atoms with Crippen molar-refractivity contribution in [2.24, 2.45) is 5.41 Å². The highest BCUT2D eigenvalue weighted by Crippen LogP contribution is 2.28. The van der Waals surface area contributed by atoms with Gasteiger partial charge in [-0.2, -0.15) is 0 Å². The minimum absolute atomic E-state index is 0.0704. The third-order valence-electron chi connectivity index (χ3n) is 2.89. The van der Waals surface area contributed by atoms with E-state index < -0.39 is 23.0 Å². The first kappa shape index (κ1) is 15.1. The van der Waals surface area contributed by atoms with Crippen molar-refractivity contribution in [3.63, 3.8) is 0 Å². The van der Waals surface area contributed by atoms with Crippen LogP contribution < -0.4 is 0 Å². The number of aromatic nitrogens is 2. The van der Waals surface area contributed by atoms with Crippen LogP contribution in [0.3, 0.4) is 0 Å². The lowest BCUT2D eigenvalue weighted by Gasteiger charge is -2.19. The van der Waals surface area contributed by atoms with Gasteiger partial charge >= 0.3 is 5.97 Å². The summed E-state index contributed by atoms with van der Waals surface area (Å²) in [5, 5.41) is 16.3. The zero-order valence-electron chi connectivity index (χ0n) is 11.6. The summed E-state index contributed by atoms with van der Waals surface area (Å²) in [6.45, 7) is 3.49. The lowest BCUT2D eigenvalue weighted by atomic mass is 9.86. The van der Waals surface area contributed by atoms with Gasteiger partial charge in [0.15, 0.2) is 0 Å². The predicted octanol–water partition coefficient (Wildman–Crippen LogP) is 3.06. The van der Waals surface area contributed by atoms with Crippen LogP contribution in [-0.4, -0.2) is 21.3 Å². The molecule has 0 spiro atoms. The number of hydrogen-bond donors (Lipinski definition) is 1. The van der Waals surface area contributed by atoms with Crippen molar-refractivity contribution < 1.29 is 23.1 Å². The molecule has 0 bridgehead atoms. The van der Waals surface area contributed by atoms with E-state index in [9.17, 15) is 13.6 Å². The second-order valence-corrected chi connectivity index (χ2v) is 5.54. The summed E-state index contributed by atoms with van der Waals surface area (Å²) < 4.78 is 32.0. The normalized spacial score (nSPS) is 11.6. The summed E-state index contributed by atoms with van der Waals surface area (Å²) in [6, 6.07) is 2.93. The van der Waals surface area contributed by atoms with Gasteiger partial charge in [-0.15, -0.1) is 10.2 Å². The van der Waals surface area contributed by atoms with Crippen LogP contribution in [0.2, 0.25) is 0 Å². The molecule has 5 nitrogen and oxygen atoms in total. The average molecular weight is 296 g/mol. The Hall–Kier alpha value is -2.31. The minimum Gasteiger partial charge on any atom is -0.481 e. The third-order valence-corrected chi connectivity index (χ3v) is 2.89. The van der Waals surface area contributed by atoms with Crippen molar-refractivity contribution >= 4 is 5.97 Å². The van der Waals surface area contributed by atoms with Gasteiger partial charge in [0.25, 0.3) is 5.89 Å². The van der Waals surface area contributed by atoms with Crippen molar-refractivity contribution in [3.8, 4) is 11.5 Å². The molecule has 0 aliphatic heterocycles. The number of halogens is 2. The fourth-order valence-corrected chi connectivity index (χ4v) is 1.98. The fourth-order valence-electron chi connectivity index (χ4n) is 1.98. The molecule has 0 amide bonds. The molecular weight excluding hydrogens is 282 g/mol. The minimum atomic E-state index is -0.934. The molecule has 0 fully saturated rings. The van der Waals surface area contributed by atoms with Crippen molar-refractivity contribution in [3.05, 3.63) is 35.7 Å². The quantitative estimate of drug-likeness (QED) is 0.917. The van der Waals surface area contributed by atoms with Crippen molar-refractivity contribution in [1.82, 2.24) is 10.2 Å². The Morgan fingerprint density at radius 1 is 1.33 bits per heavy atom. The molecule has 0 aliphatic rings. The number of rotatable bonds is 5. The molecule has 21 heavy (non-hydrogen) atoms. The second-order valence-electron chi connectivity index (χ2n) is 5.54. The Balaban J connectivity index is 2.22. The van der Waals surface area contributed by atoms with Crippen LogP contribution in [-0.2, 0) is 11.2 Å². The molecule has 0 atom stereocenters. The maximum Gasteiger partial charge on any atom is 0.303 e. The first-order valence-electron chi connectivity index (χ1n) is 6.26. The summed E-state index contributed by atoms with van der Waals surface area (Å²) >= 11 is 0. The Morgan fingerprint density at radius 2 is 2.05 bits per heavy atom. The average Bonchev–Trinajstić information content (AvgIpc) is 2.78. The highest BCUT2D eigenvalue weighted by molar-refractivity contribution is 5.67. The van der Waals surface area contributed by atoms with Gasteiger partial charge in [-0.3, -0.25) is 4.79 Å². The molecule has 0 saturated heterocycles. The van der Waals surface area contributed by atoms with E-state index in [0.717, 1.165) is 18.2 Å². The van der Waals surface area contributed by atoms with Crippen LogP contribution in [0.15, 0.2) is 22.6 Å². The first-order chi connectivity index (χ1) is 9.77. The molecule has 0 unspecified atom stereocenters. The molecule has 1 N–H and O–H groups in total. The summed E-state index contributed by atoms with van der Waals surface area (Å²) in [5.74, 6) is -2.17. The van der Waals surface area contributed by atoms with Crippen LogP contribution in [0.25, 0.3) is 11.5 Å². The molecule has 0 radical (unpaired) electrons. The van der Waals surface area contributed by atoms with Crippen molar-refractivity contribution in [2.75, 3.05) is 0 Å². The molecule has 1 heterocycles. The molecule has 2 rings (SSSR count). The topological polar surface area (TPSA) is 76.2 Å². The Labute approximate surface area is 119 Å². The smallest absolute Gasteiger partial charge is 0.303 e. The number of carbonyl (C=O) groups is 1. The van der Waals surface area contributed by atoms with Gasteiger partial charge < -0.3 is 9.52 Å². The van der Waals surface area contributed by atoms with Crippen LogP contribution >= 0.6 is 0 Å². The molecule has 0 aliphatic carbocycles. The first-order valence-corrected chi connectivity index (χ1v) is 6.26. The predicted molar refractivity (Wildman–Crippen MR) is 69.4 cm³/mol. The molecule has 112 valence electrons. The van der Waals surface area contributed by atoms with Crippen LogP contribution in [0.5, 0.6) is 0 Å². The third kappa shape index (κ3) is 3.84. The van der Waals surface area contributed by atoms with Crippen molar-refractivity contribution in [2.45, 2.75) is 26.7 Å². The second kappa shape index (κ2) is 5.59. The Kier molecular flexibility index (Phi) is 4.02. The Bertz CT molecular complexity index is 668. The lowest BCUT2D eigenvalue weighted by molar-refractivity contribution is -0.139. The van der Waals surface area contributed by atoms with Crippen LogP contribution in [0, 0.1) is 17.0 Å². The van der Waals surface area contributed by atoms with Crippen LogP contribution in [0.4, 0.5) is 8.78 Å². The fraction of sp³-hybridized carbons (Fsp3) is 0.357. The van der Waals surface area contributed by atoms with Crippen LogP contribution in [0.1, 0.15) is 26.2 Å². The molecule has 7 heteroatoms. The molecule has 2 aromatic rings. The molecular formula is C14H14F2N2O3. The van der Waals surface area contributed by atoms with E-state index in [-0.39, 0.29) is 30.2 Å². The zero-order valence-corrected chi connectivity index (χ0v) is 11.6. The zero-order chi connectivity index (χ0) is 15.6. The summed E-state index contributed by atoms with van der Waals surface area (Å²) in [6.07, 6.45) is 0.155. The lowest BCUT2D eigenvalue weighted by Crippen LogP contribution is -2.19. The largest absolute Gasteiger partial charge is 0.481 e. The standard InChI is InChI=1S/C14H14F2N2O3/c1-14(2,7-12(19)20)6-11-17-18-13(21-11)9-5-8(15)3-4-10(9)16/h3-5H,6-7H2,1-2H3,(H,19,20). The van der Waals surface area contributed by atoms with E-state index in [1.54, 1.807) is 13.8 Å². The van der Waals surface area contributed by atoms with E-state index in [1.165, 1.54) is 0 Å². The van der Waals surface area contributed by atoms with Gasteiger partial charge in [-0.1, -0.05) is 13.8 Å². The monoisotopic (exact) mass is 296 g/mol. The van der Waals surface area contributed by atoms with E-state index >= 15 is 0 Å². The summed E-state index contributed by atoms with van der Waals surface area (Å²) in [5.41, 5.74) is -0.708. The Morgan fingerprint density at radius 3 is 2.71 bits per heavy atom. The highest BCUT2D eigenvalue weighted by Gasteiger charge is 2.25. The van der Waals surface area contributed by atoms with E-state index in [2.05, 4.69) is 10.2 Å². The highest BCUT2D eigenvalue weighted by atomic mass is 19.1. The van der Waals surface area contributed by atoms with Crippen molar-refractivity contribution in [1.29, 1.82) is 0 Å². The summed E-state index contributed by atoms with van der Waals surface area (Å²) in [7, 11) is 0. The number of nitrogens with zero attached hydrogens (tertiary/aromatic N) is 2.